The van der Waals surface area contributed by atoms with Crippen molar-refractivity contribution in [3.05, 3.63) is 73.8 Å². The van der Waals surface area contributed by atoms with E-state index in [1.165, 1.54) is 19.4 Å². The van der Waals surface area contributed by atoms with Crippen LogP contribution in [0.2, 0.25) is 0 Å². The van der Waals surface area contributed by atoms with Crippen LogP contribution >= 0.6 is 0 Å². The van der Waals surface area contributed by atoms with E-state index in [4.69, 9.17) is 4.74 Å². The smallest absolute Gasteiger partial charge is 0.325 e. The second kappa shape index (κ2) is 7.36. The van der Waals surface area contributed by atoms with Crippen LogP contribution in [0.5, 0.6) is 5.88 Å². The lowest BCUT2D eigenvalue weighted by atomic mass is 10.1. The molecule has 1 aliphatic carbocycles. The van der Waals surface area contributed by atoms with E-state index in [1.807, 2.05) is 13.0 Å². The SMILES string of the molecule is COc1nnc(-c2c[nH]c(=O)[nH]c2=O)cc1[C@H]1C[C@@H]1C#Cc1ccc(C)cc1F. The number of nitrogens with one attached hydrogen (secondary N) is 2. The largest absolute Gasteiger partial charge is 0.480 e. The van der Waals surface area contributed by atoms with Crippen LogP contribution in [0.4, 0.5) is 4.39 Å². The van der Waals surface area contributed by atoms with Crippen molar-refractivity contribution in [3.63, 3.8) is 0 Å². The van der Waals surface area contributed by atoms with Crippen molar-refractivity contribution in [2.24, 2.45) is 5.92 Å². The summed E-state index contributed by atoms with van der Waals surface area (Å²) in [5.41, 5.74) is 1.35. The average Bonchev–Trinajstić information content (AvgIpc) is 3.46. The third kappa shape index (κ3) is 3.80. The molecule has 146 valence electrons. The third-order valence-corrected chi connectivity index (χ3v) is 4.78. The lowest BCUT2D eigenvalue weighted by Gasteiger charge is -2.07. The van der Waals surface area contributed by atoms with E-state index in [1.54, 1.807) is 12.1 Å². The molecule has 29 heavy (non-hydrogen) atoms. The molecule has 7 nitrogen and oxygen atoms in total. The van der Waals surface area contributed by atoms with Crippen LogP contribution in [-0.2, 0) is 0 Å². The highest BCUT2D eigenvalue weighted by Gasteiger charge is 2.40. The number of aromatic nitrogens is 4. The Kier molecular flexibility index (Phi) is 4.72. The van der Waals surface area contributed by atoms with Crippen LogP contribution in [0.15, 0.2) is 40.1 Å². The van der Waals surface area contributed by atoms with Crippen molar-refractivity contribution in [1.29, 1.82) is 0 Å². The number of ether oxygens (including phenoxy) is 1. The van der Waals surface area contributed by atoms with Crippen LogP contribution in [0.1, 0.15) is 29.0 Å². The molecule has 2 heterocycles. The maximum absolute atomic E-state index is 14.0. The van der Waals surface area contributed by atoms with Gasteiger partial charge in [-0.2, -0.15) is 0 Å². The van der Waals surface area contributed by atoms with E-state index in [0.29, 0.717) is 17.1 Å². The van der Waals surface area contributed by atoms with Crippen molar-refractivity contribution in [1.82, 2.24) is 20.2 Å². The quantitative estimate of drug-likeness (QED) is 0.665. The fourth-order valence-electron chi connectivity index (χ4n) is 3.14. The molecule has 0 radical (unpaired) electrons. The summed E-state index contributed by atoms with van der Waals surface area (Å²) in [6.07, 6.45) is 2.07. The van der Waals surface area contributed by atoms with E-state index in [-0.39, 0.29) is 23.2 Å². The third-order valence-electron chi connectivity index (χ3n) is 4.78. The number of nitrogens with zero attached hydrogens (tertiary/aromatic N) is 2. The Morgan fingerprint density at radius 2 is 2.07 bits per heavy atom. The molecule has 4 rings (SSSR count). The molecule has 1 saturated carbocycles. The molecule has 2 aromatic heterocycles. The minimum Gasteiger partial charge on any atom is -0.480 e. The van der Waals surface area contributed by atoms with Gasteiger partial charge in [-0.15, -0.1) is 10.2 Å². The molecule has 3 aromatic rings. The zero-order valence-corrected chi connectivity index (χ0v) is 15.7. The molecule has 2 atom stereocenters. The van der Waals surface area contributed by atoms with Crippen LogP contribution < -0.4 is 16.0 Å². The summed E-state index contributed by atoms with van der Waals surface area (Å²) in [5, 5.41) is 8.07. The van der Waals surface area contributed by atoms with Gasteiger partial charge in [-0.25, -0.2) is 9.18 Å². The zero-order chi connectivity index (χ0) is 20.5. The molecule has 0 spiro atoms. The summed E-state index contributed by atoms with van der Waals surface area (Å²) < 4.78 is 19.3. The Bertz CT molecular complexity index is 1270. The number of H-pyrrole nitrogens is 2. The molecular formula is C21H17FN4O3. The van der Waals surface area contributed by atoms with Crippen LogP contribution in [0.25, 0.3) is 11.3 Å². The summed E-state index contributed by atoms with van der Waals surface area (Å²) in [5.74, 6) is 6.09. The first-order chi connectivity index (χ1) is 14.0. The van der Waals surface area contributed by atoms with Gasteiger partial charge in [0.15, 0.2) is 0 Å². The highest BCUT2D eigenvalue weighted by atomic mass is 19.1. The molecular weight excluding hydrogens is 375 g/mol. The van der Waals surface area contributed by atoms with E-state index in [9.17, 15) is 14.0 Å². The second-order valence-corrected chi connectivity index (χ2v) is 6.88. The molecule has 1 aromatic carbocycles. The number of benzene rings is 1. The van der Waals surface area contributed by atoms with E-state index < -0.39 is 11.2 Å². The molecule has 0 aliphatic heterocycles. The molecule has 2 N–H and O–H groups in total. The molecule has 1 fully saturated rings. The lowest BCUT2D eigenvalue weighted by molar-refractivity contribution is 0.386. The van der Waals surface area contributed by atoms with Gasteiger partial charge < -0.3 is 9.72 Å². The van der Waals surface area contributed by atoms with Gasteiger partial charge in [-0.3, -0.25) is 9.78 Å². The number of methoxy groups -OCH3 is 1. The van der Waals surface area contributed by atoms with Gasteiger partial charge in [0, 0.05) is 23.6 Å². The Labute approximate surface area is 165 Å². The van der Waals surface area contributed by atoms with E-state index >= 15 is 0 Å². The highest BCUT2D eigenvalue weighted by Crippen LogP contribution is 2.49. The van der Waals surface area contributed by atoms with Gasteiger partial charge in [0.1, 0.15) is 11.5 Å². The van der Waals surface area contributed by atoms with Crippen molar-refractivity contribution in [3.8, 4) is 29.0 Å². The summed E-state index contributed by atoms with van der Waals surface area (Å²) in [6, 6.07) is 6.66. The normalized spacial score (nSPS) is 17.3. The van der Waals surface area contributed by atoms with Crippen molar-refractivity contribution in [2.75, 3.05) is 7.11 Å². The lowest BCUT2D eigenvalue weighted by Crippen LogP contribution is -2.23. The van der Waals surface area contributed by atoms with Gasteiger partial charge in [-0.05, 0) is 37.1 Å². The van der Waals surface area contributed by atoms with Crippen LogP contribution in [0, 0.1) is 30.5 Å². The summed E-state index contributed by atoms with van der Waals surface area (Å²) >= 11 is 0. The number of aromatic amines is 2. The molecule has 0 amide bonds. The predicted octanol–water partition coefficient (Wildman–Crippen LogP) is 2.13. The fourth-order valence-corrected chi connectivity index (χ4v) is 3.14. The van der Waals surface area contributed by atoms with Gasteiger partial charge in [-0.1, -0.05) is 17.9 Å². The van der Waals surface area contributed by atoms with Gasteiger partial charge in [0.2, 0.25) is 5.88 Å². The van der Waals surface area contributed by atoms with Gasteiger partial charge in [0.25, 0.3) is 5.56 Å². The Morgan fingerprint density at radius 1 is 1.24 bits per heavy atom. The average molecular weight is 392 g/mol. The van der Waals surface area contributed by atoms with Crippen molar-refractivity contribution in [2.45, 2.75) is 19.3 Å². The topological polar surface area (TPSA) is 101 Å². The number of hydrogen-bond acceptors (Lipinski definition) is 5. The first kappa shape index (κ1) is 18.6. The highest BCUT2D eigenvalue weighted by molar-refractivity contribution is 5.58. The van der Waals surface area contributed by atoms with E-state index in [2.05, 4.69) is 32.0 Å². The van der Waals surface area contributed by atoms with Gasteiger partial charge in [0.05, 0.1) is 18.2 Å². The molecule has 1 aliphatic rings. The number of hydrogen-bond donors (Lipinski definition) is 2. The monoisotopic (exact) mass is 392 g/mol. The number of rotatable bonds is 3. The minimum atomic E-state index is -0.596. The Hall–Kier alpha value is -3.73. The Balaban J connectivity index is 1.63. The summed E-state index contributed by atoms with van der Waals surface area (Å²) in [4.78, 5) is 27.8. The summed E-state index contributed by atoms with van der Waals surface area (Å²) in [6.45, 7) is 1.82. The van der Waals surface area contributed by atoms with Crippen molar-refractivity contribution < 1.29 is 9.13 Å². The van der Waals surface area contributed by atoms with Gasteiger partial charge >= 0.3 is 5.69 Å². The zero-order valence-electron chi connectivity index (χ0n) is 15.7. The Morgan fingerprint density at radius 3 is 2.79 bits per heavy atom. The number of aryl methyl sites for hydroxylation is 1. The molecule has 0 saturated heterocycles. The predicted molar refractivity (Wildman–Crippen MR) is 104 cm³/mol. The second-order valence-electron chi connectivity index (χ2n) is 6.88. The van der Waals surface area contributed by atoms with Crippen LogP contribution in [0.3, 0.4) is 0 Å². The molecule has 8 heteroatoms. The van der Waals surface area contributed by atoms with E-state index in [0.717, 1.165) is 17.5 Å². The maximum Gasteiger partial charge on any atom is 0.325 e. The first-order valence-corrected chi connectivity index (χ1v) is 8.98. The minimum absolute atomic E-state index is 0.0236. The van der Waals surface area contributed by atoms with Crippen molar-refractivity contribution >= 4 is 0 Å². The number of halogens is 1. The first-order valence-electron chi connectivity index (χ1n) is 8.98. The standard InChI is InChI=1S/C21H17FN4O3/c1-11-3-4-12(17(22)7-11)5-6-13-8-14(13)15-9-18(25-26-20(15)29-2)16-10-23-21(28)24-19(16)27/h3-4,7,9-10,13-14H,8H2,1-2H3,(H2,23,24,27,28)/t13-,14-/m0/s1. The molecule has 0 unspecified atom stereocenters. The molecule has 0 bridgehead atoms. The summed E-state index contributed by atoms with van der Waals surface area (Å²) in [7, 11) is 1.49. The maximum atomic E-state index is 14.0. The fraction of sp³-hybridized carbons (Fsp3) is 0.238. The van der Waals surface area contributed by atoms with Crippen LogP contribution in [-0.4, -0.2) is 27.3 Å².